The lowest BCUT2D eigenvalue weighted by Gasteiger charge is -2.07. The first-order valence-corrected chi connectivity index (χ1v) is 8.94. The normalized spacial score (nSPS) is 12.1. The summed E-state index contributed by atoms with van der Waals surface area (Å²) in [6.45, 7) is 1.71. The number of amides is 1. The molecule has 0 aliphatic carbocycles. The van der Waals surface area contributed by atoms with E-state index in [1.807, 2.05) is 22.9 Å². The van der Waals surface area contributed by atoms with E-state index >= 15 is 0 Å². The van der Waals surface area contributed by atoms with E-state index in [-0.39, 0.29) is 12.3 Å². The van der Waals surface area contributed by atoms with Crippen molar-refractivity contribution in [2.45, 2.75) is 19.4 Å². The minimum atomic E-state index is -0.509. The number of aromatic nitrogens is 1. The molecular weight excluding hydrogens is 328 g/mol. The van der Waals surface area contributed by atoms with Crippen LogP contribution >= 0.6 is 22.7 Å². The number of carbonyl (C=O) groups is 1. The van der Waals surface area contributed by atoms with Crippen LogP contribution in [-0.4, -0.2) is 16.0 Å². The molecule has 118 valence electrons. The average molecular weight is 344 g/mol. The highest BCUT2D eigenvalue weighted by molar-refractivity contribution is 7.20. The van der Waals surface area contributed by atoms with Crippen molar-refractivity contribution < 1.29 is 9.90 Å². The lowest BCUT2D eigenvalue weighted by Crippen LogP contribution is -2.14. The molecule has 2 aromatic heterocycles. The molecule has 2 N–H and O–H groups in total. The first-order valence-electron chi connectivity index (χ1n) is 7.18. The summed E-state index contributed by atoms with van der Waals surface area (Å²) in [5.41, 5.74) is 2.31. The average Bonchev–Trinajstić information content (AvgIpc) is 3.18. The number of nitrogens with zero attached hydrogens (tertiary/aromatic N) is 1. The summed E-state index contributed by atoms with van der Waals surface area (Å²) in [7, 11) is 0. The maximum atomic E-state index is 12.1. The van der Waals surface area contributed by atoms with Crippen LogP contribution in [0.1, 0.15) is 24.3 Å². The van der Waals surface area contributed by atoms with E-state index in [2.05, 4.69) is 10.3 Å². The van der Waals surface area contributed by atoms with Crippen LogP contribution in [-0.2, 0) is 11.2 Å². The minimum Gasteiger partial charge on any atom is -0.389 e. The topological polar surface area (TPSA) is 62.2 Å². The predicted octanol–water partition coefficient (Wildman–Crippen LogP) is 4.11. The van der Waals surface area contributed by atoms with E-state index in [1.165, 1.54) is 0 Å². The maximum Gasteiger partial charge on any atom is 0.230 e. The van der Waals surface area contributed by atoms with Crippen LogP contribution in [0.4, 0.5) is 5.69 Å². The molecule has 1 amide bonds. The summed E-state index contributed by atoms with van der Waals surface area (Å²) in [4.78, 5) is 17.7. The minimum absolute atomic E-state index is 0.0992. The van der Waals surface area contributed by atoms with Crippen molar-refractivity contribution in [3.8, 4) is 9.88 Å². The number of hydrogen-bond donors (Lipinski definition) is 2. The Labute approximate surface area is 142 Å². The van der Waals surface area contributed by atoms with Gasteiger partial charge in [0.05, 0.1) is 23.1 Å². The second-order valence-corrected chi connectivity index (χ2v) is 6.95. The second-order valence-electron chi connectivity index (χ2n) is 5.14. The quantitative estimate of drug-likeness (QED) is 0.732. The Morgan fingerprint density at radius 3 is 2.70 bits per heavy atom. The number of aliphatic hydroxyl groups excluding tert-OH is 1. The number of thiazole rings is 1. The highest BCUT2D eigenvalue weighted by Gasteiger charge is 2.10. The zero-order chi connectivity index (χ0) is 16.2. The SMILES string of the molecule is C[C@@H](O)c1ccc(NC(=O)Cc2csc(-c3cccs3)n2)cc1. The van der Waals surface area contributed by atoms with Crippen molar-refractivity contribution in [3.05, 3.63) is 58.4 Å². The van der Waals surface area contributed by atoms with Crippen molar-refractivity contribution in [1.29, 1.82) is 0 Å². The monoisotopic (exact) mass is 344 g/mol. The van der Waals surface area contributed by atoms with Crippen LogP contribution in [0.5, 0.6) is 0 Å². The van der Waals surface area contributed by atoms with Gasteiger partial charge in [0, 0.05) is 11.1 Å². The molecule has 0 saturated carbocycles. The number of nitrogens with one attached hydrogen (secondary N) is 1. The number of anilines is 1. The van der Waals surface area contributed by atoms with Gasteiger partial charge in [0.1, 0.15) is 5.01 Å². The smallest absolute Gasteiger partial charge is 0.230 e. The molecule has 0 aliphatic heterocycles. The Morgan fingerprint density at radius 1 is 1.26 bits per heavy atom. The number of thiophene rings is 1. The number of benzene rings is 1. The lowest BCUT2D eigenvalue weighted by atomic mass is 10.1. The summed E-state index contributed by atoms with van der Waals surface area (Å²) in [5.74, 6) is -0.0992. The van der Waals surface area contributed by atoms with Crippen LogP contribution in [0.25, 0.3) is 9.88 Å². The van der Waals surface area contributed by atoms with Crippen LogP contribution in [0.2, 0.25) is 0 Å². The van der Waals surface area contributed by atoms with Gasteiger partial charge in [-0.1, -0.05) is 18.2 Å². The molecule has 1 atom stereocenters. The van der Waals surface area contributed by atoms with E-state index in [0.717, 1.165) is 21.1 Å². The van der Waals surface area contributed by atoms with Crippen LogP contribution < -0.4 is 5.32 Å². The molecule has 0 spiro atoms. The molecule has 0 saturated heterocycles. The van der Waals surface area contributed by atoms with Gasteiger partial charge < -0.3 is 10.4 Å². The standard InChI is InChI=1S/C17H16N2O2S2/c1-11(20)12-4-6-13(7-5-12)18-16(21)9-14-10-23-17(19-14)15-3-2-8-22-15/h2-8,10-11,20H,9H2,1H3,(H,18,21)/t11-/m1/s1. The molecule has 0 bridgehead atoms. The number of hydrogen-bond acceptors (Lipinski definition) is 5. The second kappa shape index (κ2) is 7.04. The Kier molecular flexibility index (Phi) is 4.85. The van der Waals surface area contributed by atoms with E-state index in [4.69, 9.17) is 0 Å². The van der Waals surface area contributed by atoms with Crippen molar-refractivity contribution in [2.24, 2.45) is 0 Å². The van der Waals surface area contributed by atoms with Crippen molar-refractivity contribution in [1.82, 2.24) is 4.98 Å². The molecule has 0 fully saturated rings. The number of carbonyl (C=O) groups excluding carboxylic acids is 1. The molecule has 0 unspecified atom stereocenters. The molecule has 6 heteroatoms. The van der Waals surface area contributed by atoms with Gasteiger partial charge in [-0.3, -0.25) is 4.79 Å². The Bertz CT molecular complexity index is 777. The van der Waals surface area contributed by atoms with E-state index < -0.39 is 6.10 Å². The van der Waals surface area contributed by atoms with E-state index in [0.29, 0.717) is 5.69 Å². The molecule has 23 heavy (non-hydrogen) atoms. The van der Waals surface area contributed by atoms with E-state index in [9.17, 15) is 9.90 Å². The predicted molar refractivity (Wildman–Crippen MR) is 94.8 cm³/mol. The lowest BCUT2D eigenvalue weighted by molar-refractivity contribution is -0.115. The number of aliphatic hydroxyl groups is 1. The third kappa shape index (κ3) is 4.04. The van der Waals surface area contributed by atoms with Crippen molar-refractivity contribution in [3.63, 3.8) is 0 Å². The van der Waals surface area contributed by atoms with Crippen LogP contribution in [0.15, 0.2) is 47.2 Å². The van der Waals surface area contributed by atoms with Gasteiger partial charge in [0.25, 0.3) is 0 Å². The van der Waals surface area contributed by atoms with Crippen molar-refractivity contribution in [2.75, 3.05) is 5.32 Å². The molecule has 3 aromatic rings. The molecule has 0 radical (unpaired) electrons. The highest BCUT2D eigenvalue weighted by atomic mass is 32.1. The number of rotatable bonds is 5. The highest BCUT2D eigenvalue weighted by Crippen LogP contribution is 2.28. The summed E-state index contributed by atoms with van der Waals surface area (Å²) in [5, 5.41) is 17.2. The van der Waals surface area contributed by atoms with Crippen molar-refractivity contribution >= 4 is 34.3 Å². The van der Waals surface area contributed by atoms with Gasteiger partial charge in [-0.25, -0.2) is 4.98 Å². The third-order valence-corrected chi connectivity index (χ3v) is 5.23. The fourth-order valence-electron chi connectivity index (χ4n) is 2.12. The fraction of sp³-hybridized carbons (Fsp3) is 0.176. The summed E-state index contributed by atoms with van der Waals surface area (Å²) in [6.07, 6.45) is -0.259. The molecular formula is C17H16N2O2S2. The van der Waals surface area contributed by atoms with Crippen LogP contribution in [0.3, 0.4) is 0 Å². The molecule has 3 rings (SSSR count). The van der Waals surface area contributed by atoms with Gasteiger partial charge >= 0.3 is 0 Å². The first-order chi connectivity index (χ1) is 11.1. The van der Waals surface area contributed by atoms with Gasteiger partial charge in [0.2, 0.25) is 5.91 Å². The maximum absolute atomic E-state index is 12.1. The summed E-state index contributed by atoms with van der Waals surface area (Å²) < 4.78 is 0. The van der Waals surface area contributed by atoms with Gasteiger partial charge in [-0.15, -0.1) is 22.7 Å². The molecule has 2 heterocycles. The van der Waals surface area contributed by atoms with Crippen LogP contribution in [0, 0.1) is 0 Å². The third-order valence-electron chi connectivity index (χ3n) is 3.30. The Hall–Kier alpha value is -2.02. The first kappa shape index (κ1) is 15.9. The summed E-state index contributed by atoms with van der Waals surface area (Å²) >= 11 is 3.19. The fourth-order valence-corrected chi connectivity index (χ4v) is 3.75. The molecule has 1 aromatic carbocycles. The Balaban J connectivity index is 1.61. The zero-order valence-corrected chi connectivity index (χ0v) is 14.2. The summed E-state index contributed by atoms with van der Waals surface area (Å²) in [6, 6.07) is 11.2. The van der Waals surface area contributed by atoms with Gasteiger partial charge in [-0.2, -0.15) is 0 Å². The molecule has 4 nitrogen and oxygen atoms in total. The van der Waals surface area contributed by atoms with Gasteiger partial charge in [-0.05, 0) is 36.1 Å². The Morgan fingerprint density at radius 2 is 2.04 bits per heavy atom. The molecule has 0 aliphatic rings. The van der Waals surface area contributed by atoms with E-state index in [1.54, 1.807) is 53.9 Å². The zero-order valence-electron chi connectivity index (χ0n) is 12.5. The largest absolute Gasteiger partial charge is 0.389 e. The van der Waals surface area contributed by atoms with Gasteiger partial charge in [0.15, 0.2) is 0 Å².